The number of hydrogen-bond acceptors (Lipinski definition) is 2. The van der Waals surface area contributed by atoms with Crippen molar-refractivity contribution in [2.45, 2.75) is 27.2 Å². The van der Waals surface area contributed by atoms with E-state index in [1.165, 1.54) is 6.92 Å². The molecule has 3 N–H and O–H groups in total. The monoisotopic (exact) mass is 192 g/mol. The summed E-state index contributed by atoms with van der Waals surface area (Å²) in [7, 11) is 0. The molecule has 0 fully saturated rings. The van der Waals surface area contributed by atoms with Gasteiger partial charge in [0, 0.05) is 18.3 Å². The third-order valence-corrected chi connectivity index (χ3v) is 2.16. The number of hydrogen-bond donors (Lipinski definition) is 2. The van der Waals surface area contributed by atoms with Crippen LogP contribution in [0, 0.1) is 6.92 Å². The maximum atomic E-state index is 11.0. The molecule has 3 nitrogen and oxygen atoms in total. The molecule has 0 unspecified atom stereocenters. The summed E-state index contributed by atoms with van der Waals surface area (Å²) >= 11 is 0. The topological polar surface area (TPSA) is 55.1 Å². The van der Waals surface area contributed by atoms with Crippen LogP contribution in [0.4, 0.5) is 11.4 Å². The number of carbonyl (C=O) groups excluding carboxylic acids is 1. The van der Waals surface area contributed by atoms with Crippen LogP contribution in [0.3, 0.4) is 0 Å². The number of nitrogen functional groups attached to an aromatic ring is 1. The van der Waals surface area contributed by atoms with Crippen LogP contribution in [0.25, 0.3) is 0 Å². The summed E-state index contributed by atoms with van der Waals surface area (Å²) in [5.41, 5.74) is 9.49. The standard InChI is InChI=1S/C11H16N2O/c1-4-10-7(2)5-9(12)6-11(10)13-8(3)14/h5-6H,4,12H2,1-3H3,(H,13,14). The number of aryl methyl sites for hydroxylation is 1. The predicted molar refractivity (Wildman–Crippen MR) is 59.3 cm³/mol. The van der Waals surface area contributed by atoms with Crippen LogP contribution in [-0.2, 0) is 11.2 Å². The van der Waals surface area contributed by atoms with Gasteiger partial charge in [0.15, 0.2) is 0 Å². The molecule has 0 atom stereocenters. The Bertz CT molecular complexity index is 359. The zero-order chi connectivity index (χ0) is 10.7. The molecule has 3 heteroatoms. The SMILES string of the molecule is CCc1c(C)cc(N)cc1NC(C)=O. The van der Waals surface area contributed by atoms with Crippen molar-refractivity contribution in [1.82, 2.24) is 0 Å². The highest BCUT2D eigenvalue weighted by atomic mass is 16.1. The molecule has 1 rings (SSSR count). The molecular weight excluding hydrogens is 176 g/mol. The summed E-state index contributed by atoms with van der Waals surface area (Å²) in [5.74, 6) is -0.0651. The van der Waals surface area contributed by atoms with Crippen LogP contribution in [0.1, 0.15) is 25.0 Å². The molecule has 0 aliphatic rings. The number of benzene rings is 1. The molecule has 1 aromatic carbocycles. The van der Waals surface area contributed by atoms with Crippen molar-refractivity contribution < 1.29 is 4.79 Å². The van der Waals surface area contributed by atoms with E-state index in [4.69, 9.17) is 5.73 Å². The molecule has 0 heterocycles. The van der Waals surface area contributed by atoms with Gasteiger partial charge in [-0.1, -0.05) is 6.92 Å². The fourth-order valence-corrected chi connectivity index (χ4v) is 1.62. The van der Waals surface area contributed by atoms with Crippen molar-refractivity contribution in [2.24, 2.45) is 0 Å². The lowest BCUT2D eigenvalue weighted by molar-refractivity contribution is -0.114. The Morgan fingerprint density at radius 2 is 2.14 bits per heavy atom. The molecule has 0 saturated carbocycles. The zero-order valence-corrected chi connectivity index (χ0v) is 8.85. The van der Waals surface area contributed by atoms with Gasteiger partial charge in [0.2, 0.25) is 5.91 Å². The van der Waals surface area contributed by atoms with E-state index in [1.54, 1.807) is 6.07 Å². The predicted octanol–water partition coefficient (Wildman–Crippen LogP) is 2.10. The molecule has 1 aromatic rings. The first-order chi connectivity index (χ1) is 6.54. The van der Waals surface area contributed by atoms with Crippen molar-refractivity contribution in [3.8, 4) is 0 Å². The van der Waals surface area contributed by atoms with Gasteiger partial charge in [0.25, 0.3) is 0 Å². The fourth-order valence-electron chi connectivity index (χ4n) is 1.62. The summed E-state index contributed by atoms with van der Waals surface area (Å²) in [5, 5.41) is 2.79. The summed E-state index contributed by atoms with van der Waals surface area (Å²) in [6.45, 7) is 5.56. The van der Waals surface area contributed by atoms with Gasteiger partial charge in [-0.3, -0.25) is 4.79 Å². The average Bonchev–Trinajstić information content (AvgIpc) is 2.01. The lowest BCUT2D eigenvalue weighted by Crippen LogP contribution is -2.09. The van der Waals surface area contributed by atoms with Crippen molar-refractivity contribution >= 4 is 17.3 Å². The van der Waals surface area contributed by atoms with Gasteiger partial charge in [0.05, 0.1) is 0 Å². The Kier molecular flexibility index (Phi) is 3.12. The van der Waals surface area contributed by atoms with Crippen molar-refractivity contribution in [3.05, 3.63) is 23.3 Å². The van der Waals surface area contributed by atoms with E-state index in [2.05, 4.69) is 12.2 Å². The van der Waals surface area contributed by atoms with E-state index >= 15 is 0 Å². The molecule has 1 amide bonds. The number of rotatable bonds is 2. The van der Waals surface area contributed by atoms with Gasteiger partial charge in [-0.15, -0.1) is 0 Å². The molecule has 0 aliphatic heterocycles. The second-order valence-corrected chi connectivity index (χ2v) is 3.40. The van der Waals surface area contributed by atoms with Gasteiger partial charge in [-0.25, -0.2) is 0 Å². The Morgan fingerprint density at radius 3 is 2.64 bits per heavy atom. The fraction of sp³-hybridized carbons (Fsp3) is 0.364. The highest BCUT2D eigenvalue weighted by Crippen LogP contribution is 2.23. The summed E-state index contributed by atoms with van der Waals surface area (Å²) in [6.07, 6.45) is 0.891. The number of carbonyl (C=O) groups is 1. The number of amides is 1. The van der Waals surface area contributed by atoms with Gasteiger partial charge in [-0.2, -0.15) is 0 Å². The smallest absolute Gasteiger partial charge is 0.221 e. The van der Waals surface area contributed by atoms with Crippen molar-refractivity contribution in [1.29, 1.82) is 0 Å². The summed E-state index contributed by atoms with van der Waals surface area (Å²) in [6, 6.07) is 3.72. The Balaban J connectivity index is 3.17. The van der Waals surface area contributed by atoms with Crippen LogP contribution in [-0.4, -0.2) is 5.91 Å². The Morgan fingerprint density at radius 1 is 1.50 bits per heavy atom. The Labute approximate surface area is 84.3 Å². The minimum absolute atomic E-state index is 0.0651. The Hall–Kier alpha value is -1.51. The molecule has 0 saturated heterocycles. The highest BCUT2D eigenvalue weighted by Gasteiger charge is 2.06. The second kappa shape index (κ2) is 4.13. The van der Waals surface area contributed by atoms with Crippen LogP contribution in [0.5, 0.6) is 0 Å². The number of nitrogens with one attached hydrogen (secondary N) is 1. The van der Waals surface area contributed by atoms with Gasteiger partial charge >= 0.3 is 0 Å². The van der Waals surface area contributed by atoms with E-state index in [1.807, 2.05) is 13.0 Å². The first-order valence-corrected chi connectivity index (χ1v) is 4.71. The third-order valence-electron chi connectivity index (χ3n) is 2.16. The molecule has 0 aliphatic carbocycles. The molecule has 14 heavy (non-hydrogen) atoms. The first-order valence-electron chi connectivity index (χ1n) is 4.71. The van der Waals surface area contributed by atoms with E-state index in [9.17, 15) is 4.79 Å². The summed E-state index contributed by atoms with van der Waals surface area (Å²) < 4.78 is 0. The quantitative estimate of drug-likeness (QED) is 0.705. The largest absolute Gasteiger partial charge is 0.399 e. The average molecular weight is 192 g/mol. The minimum atomic E-state index is -0.0651. The second-order valence-electron chi connectivity index (χ2n) is 3.40. The lowest BCUT2D eigenvalue weighted by atomic mass is 10.0. The van der Waals surface area contributed by atoms with Crippen molar-refractivity contribution in [2.75, 3.05) is 11.1 Å². The van der Waals surface area contributed by atoms with Gasteiger partial charge in [-0.05, 0) is 36.6 Å². The van der Waals surface area contributed by atoms with E-state index < -0.39 is 0 Å². The number of anilines is 2. The molecule has 0 aromatic heterocycles. The summed E-state index contributed by atoms with van der Waals surface area (Å²) in [4.78, 5) is 11.0. The van der Waals surface area contributed by atoms with E-state index in [-0.39, 0.29) is 5.91 Å². The molecule has 0 bridgehead atoms. The minimum Gasteiger partial charge on any atom is -0.399 e. The molecular formula is C11H16N2O. The lowest BCUT2D eigenvalue weighted by Gasteiger charge is -2.12. The van der Waals surface area contributed by atoms with E-state index in [0.29, 0.717) is 5.69 Å². The van der Waals surface area contributed by atoms with Gasteiger partial charge in [0.1, 0.15) is 0 Å². The van der Waals surface area contributed by atoms with Crippen LogP contribution in [0.2, 0.25) is 0 Å². The molecule has 76 valence electrons. The normalized spacial score (nSPS) is 9.93. The van der Waals surface area contributed by atoms with Gasteiger partial charge < -0.3 is 11.1 Å². The zero-order valence-electron chi connectivity index (χ0n) is 8.85. The maximum Gasteiger partial charge on any atom is 0.221 e. The molecule has 0 radical (unpaired) electrons. The van der Waals surface area contributed by atoms with Crippen LogP contribution >= 0.6 is 0 Å². The van der Waals surface area contributed by atoms with Crippen LogP contribution < -0.4 is 11.1 Å². The van der Waals surface area contributed by atoms with Crippen molar-refractivity contribution in [3.63, 3.8) is 0 Å². The first kappa shape index (κ1) is 10.6. The molecule has 0 spiro atoms. The van der Waals surface area contributed by atoms with E-state index in [0.717, 1.165) is 23.2 Å². The highest BCUT2D eigenvalue weighted by molar-refractivity contribution is 5.90. The third kappa shape index (κ3) is 2.25. The number of nitrogens with two attached hydrogens (primary N) is 1. The maximum absolute atomic E-state index is 11.0. The van der Waals surface area contributed by atoms with Crippen LogP contribution in [0.15, 0.2) is 12.1 Å².